The van der Waals surface area contributed by atoms with Gasteiger partial charge < -0.3 is 10.6 Å². The van der Waals surface area contributed by atoms with Crippen molar-refractivity contribution in [3.63, 3.8) is 0 Å². The van der Waals surface area contributed by atoms with Crippen LogP contribution in [0.5, 0.6) is 0 Å². The van der Waals surface area contributed by atoms with Crippen LogP contribution in [-0.2, 0) is 0 Å². The van der Waals surface area contributed by atoms with E-state index in [1.165, 1.54) is 0 Å². The second-order valence-electron chi connectivity index (χ2n) is 3.56. The molecule has 1 heterocycles. The van der Waals surface area contributed by atoms with Crippen LogP contribution in [0.3, 0.4) is 0 Å². The van der Waals surface area contributed by atoms with E-state index >= 15 is 0 Å². The summed E-state index contributed by atoms with van der Waals surface area (Å²) in [5, 5.41) is 0. The molecule has 2 N–H and O–H groups in total. The van der Waals surface area contributed by atoms with E-state index in [0.29, 0.717) is 0 Å². The van der Waals surface area contributed by atoms with E-state index in [-0.39, 0.29) is 6.04 Å². The molecule has 15 heavy (non-hydrogen) atoms. The molecule has 0 aliphatic rings. The Morgan fingerprint density at radius 2 is 2.40 bits per heavy atom. The topological polar surface area (TPSA) is 42.1 Å². The highest BCUT2D eigenvalue weighted by atomic mass is 15.2. The lowest BCUT2D eigenvalue weighted by Crippen LogP contribution is -2.23. The molecule has 0 aromatic carbocycles. The zero-order chi connectivity index (χ0) is 11.3. The first-order valence-corrected chi connectivity index (χ1v) is 5.26. The van der Waals surface area contributed by atoms with Crippen LogP contribution in [0.4, 0.5) is 5.82 Å². The second-order valence-corrected chi connectivity index (χ2v) is 3.56. The van der Waals surface area contributed by atoms with Gasteiger partial charge in [-0.1, -0.05) is 6.08 Å². The van der Waals surface area contributed by atoms with E-state index in [2.05, 4.69) is 23.4 Å². The summed E-state index contributed by atoms with van der Waals surface area (Å²) in [5.74, 6) is 0.965. The zero-order valence-electron chi connectivity index (χ0n) is 9.48. The van der Waals surface area contributed by atoms with Crippen LogP contribution in [0.15, 0.2) is 31.0 Å². The monoisotopic (exact) mass is 205 g/mol. The minimum Gasteiger partial charge on any atom is -0.353 e. The van der Waals surface area contributed by atoms with Crippen molar-refractivity contribution in [2.24, 2.45) is 5.73 Å². The smallest absolute Gasteiger partial charge is 0.129 e. The number of pyridine rings is 1. The minimum atomic E-state index is 0.0502. The Labute approximate surface area is 91.6 Å². The predicted molar refractivity (Wildman–Crippen MR) is 64.9 cm³/mol. The van der Waals surface area contributed by atoms with Crippen LogP contribution < -0.4 is 10.6 Å². The second kappa shape index (κ2) is 5.51. The average Bonchev–Trinajstić information content (AvgIpc) is 2.26. The van der Waals surface area contributed by atoms with Crippen LogP contribution in [0.1, 0.15) is 25.5 Å². The summed E-state index contributed by atoms with van der Waals surface area (Å²) in [5.41, 5.74) is 6.95. The first kappa shape index (κ1) is 11.7. The number of rotatable bonds is 5. The number of hydrogen-bond acceptors (Lipinski definition) is 3. The largest absolute Gasteiger partial charge is 0.353 e. The van der Waals surface area contributed by atoms with Crippen LogP contribution in [0, 0.1) is 0 Å². The van der Waals surface area contributed by atoms with Gasteiger partial charge in [-0.15, -0.1) is 6.58 Å². The highest BCUT2D eigenvalue weighted by molar-refractivity contribution is 5.42. The molecule has 3 heteroatoms. The Morgan fingerprint density at radius 3 is 2.93 bits per heavy atom. The first-order valence-electron chi connectivity index (χ1n) is 5.26. The molecule has 3 nitrogen and oxygen atoms in total. The number of aromatic nitrogens is 1. The fraction of sp³-hybridized carbons (Fsp3) is 0.417. The van der Waals surface area contributed by atoms with E-state index in [1.807, 2.05) is 25.1 Å². The molecule has 1 aromatic heterocycles. The van der Waals surface area contributed by atoms with Gasteiger partial charge in [-0.2, -0.15) is 0 Å². The van der Waals surface area contributed by atoms with Gasteiger partial charge in [0.25, 0.3) is 0 Å². The lowest BCUT2D eigenvalue weighted by molar-refractivity contribution is 0.808. The van der Waals surface area contributed by atoms with Crippen molar-refractivity contribution in [3.8, 4) is 0 Å². The van der Waals surface area contributed by atoms with E-state index in [0.717, 1.165) is 24.5 Å². The van der Waals surface area contributed by atoms with E-state index < -0.39 is 0 Å². The molecule has 0 saturated heterocycles. The van der Waals surface area contributed by atoms with Gasteiger partial charge in [-0.25, -0.2) is 4.98 Å². The van der Waals surface area contributed by atoms with Crippen molar-refractivity contribution < 1.29 is 0 Å². The van der Waals surface area contributed by atoms with Crippen LogP contribution >= 0.6 is 0 Å². The summed E-state index contributed by atoms with van der Waals surface area (Å²) in [4.78, 5) is 6.49. The van der Waals surface area contributed by atoms with Gasteiger partial charge in [0.05, 0.1) is 0 Å². The molecule has 0 fully saturated rings. The maximum Gasteiger partial charge on any atom is 0.129 e. The molecule has 0 radical (unpaired) electrons. The highest BCUT2D eigenvalue weighted by Crippen LogP contribution is 2.16. The maximum atomic E-state index is 5.83. The van der Waals surface area contributed by atoms with Gasteiger partial charge in [0.15, 0.2) is 0 Å². The molecule has 0 aliphatic carbocycles. The average molecular weight is 205 g/mol. The number of anilines is 1. The molecule has 1 rings (SSSR count). The highest BCUT2D eigenvalue weighted by Gasteiger charge is 2.06. The molecule has 0 saturated carbocycles. The number of nitrogens with two attached hydrogens (primary N) is 1. The molecular weight excluding hydrogens is 186 g/mol. The van der Waals surface area contributed by atoms with Gasteiger partial charge in [0.2, 0.25) is 0 Å². The number of hydrogen-bond donors (Lipinski definition) is 1. The van der Waals surface area contributed by atoms with Gasteiger partial charge in [-0.3, -0.25) is 0 Å². The Balaban J connectivity index is 2.92. The maximum absolute atomic E-state index is 5.83. The lowest BCUT2D eigenvalue weighted by Gasteiger charge is -2.21. The Morgan fingerprint density at radius 1 is 1.67 bits per heavy atom. The van der Waals surface area contributed by atoms with Crippen LogP contribution in [0.25, 0.3) is 0 Å². The molecule has 0 unspecified atom stereocenters. The van der Waals surface area contributed by atoms with Crippen molar-refractivity contribution in [2.75, 3.05) is 18.0 Å². The first-order chi connectivity index (χ1) is 7.19. The summed E-state index contributed by atoms with van der Waals surface area (Å²) in [6.07, 6.45) is 3.68. The Bertz CT molecular complexity index is 320. The van der Waals surface area contributed by atoms with Crippen LogP contribution in [0.2, 0.25) is 0 Å². The standard InChI is InChI=1S/C12H19N3/c1-4-8-15(5-2)12-9-11(10(3)13)6-7-14-12/h4,6-7,9-10H,1,5,8,13H2,2-3H3/t10-/m0/s1. The van der Waals surface area contributed by atoms with Crippen molar-refractivity contribution in [1.29, 1.82) is 0 Å². The van der Waals surface area contributed by atoms with Crippen molar-refractivity contribution in [1.82, 2.24) is 4.98 Å². The van der Waals surface area contributed by atoms with Crippen molar-refractivity contribution in [2.45, 2.75) is 19.9 Å². The third-order valence-electron chi connectivity index (χ3n) is 2.35. The van der Waals surface area contributed by atoms with E-state index in [1.54, 1.807) is 6.20 Å². The Hall–Kier alpha value is -1.35. The van der Waals surface area contributed by atoms with Gasteiger partial charge in [0.1, 0.15) is 5.82 Å². The van der Waals surface area contributed by atoms with Gasteiger partial charge in [-0.05, 0) is 31.5 Å². The lowest BCUT2D eigenvalue weighted by atomic mass is 10.1. The third kappa shape index (κ3) is 3.06. The van der Waals surface area contributed by atoms with E-state index in [9.17, 15) is 0 Å². The van der Waals surface area contributed by atoms with Crippen LogP contribution in [-0.4, -0.2) is 18.1 Å². The van der Waals surface area contributed by atoms with Gasteiger partial charge >= 0.3 is 0 Å². The number of nitrogens with zero attached hydrogens (tertiary/aromatic N) is 2. The third-order valence-corrected chi connectivity index (χ3v) is 2.35. The fourth-order valence-corrected chi connectivity index (χ4v) is 1.43. The fourth-order valence-electron chi connectivity index (χ4n) is 1.43. The summed E-state index contributed by atoms with van der Waals surface area (Å²) in [7, 11) is 0. The molecule has 1 atom stereocenters. The minimum absolute atomic E-state index is 0.0502. The molecular formula is C12H19N3. The summed E-state index contributed by atoms with van der Waals surface area (Å²) in [6.45, 7) is 9.54. The number of likely N-dealkylation sites (N-methyl/N-ethyl adjacent to an activating group) is 1. The summed E-state index contributed by atoms with van der Waals surface area (Å²) < 4.78 is 0. The predicted octanol–water partition coefficient (Wildman–Crippen LogP) is 2.11. The zero-order valence-corrected chi connectivity index (χ0v) is 9.48. The molecule has 0 bridgehead atoms. The molecule has 1 aromatic rings. The summed E-state index contributed by atoms with van der Waals surface area (Å²) >= 11 is 0. The molecule has 0 amide bonds. The van der Waals surface area contributed by atoms with Crippen molar-refractivity contribution in [3.05, 3.63) is 36.5 Å². The molecule has 0 aliphatic heterocycles. The SMILES string of the molecule is C=CCN(CC)c1cc([C@H](C)N)ccn1. The summed E-state index contributed by atoms with van der Waals surface area (Å²) in [6, 6.07) is 4.04. The molecule has 0 spiro atoms. The quantitative estimate of drug-likeness (QED) is 0.749. The Kier molecular flexibility index (Phi) is 4.31. The van der Waals surface area contributed by atoms with Gasteiger partial charge in [0, 0.05) is 25.3 Å². The molecule has 82 valence electrons. The van der Waals surface area contributed by atoms with E-state index in [4.69, 9.17) is 5.73 Å². The van der Waals surface area contributed by atoms with Crippen molar-refractivity contribution >= 4 is 5.82 Å². The normalized spacial score (nSPS) is 12.2.